The highest BCUT2D eigenvalue weighted by Crippen LogP contribution is 2.28. The molecule has 0 radical (unpaired) electrons. The lowest BCUT2D eigenvalue weighted by Gasteiger charge is -2.36. The van der Waals surface area contributed by atoms with Crippen molar-refractivity contribution in [1.29, 1.82) is 0 Å². The predicted molar refractivity (Wildman–Crippen MR) is 112 cm³/mol. The third kappa shape index (κ3) is 6.52. The van der Waals surface area contributed by atoms with Crippen LogP contribution < -0.4 is 10.2 Å². The summed E-state index contributed by atoms with van der Waals surface area (Å²) in [5.41, 5.74) is -0.959. The van der Waals surface area contributed by atoms with E-state index in [0.717, 1.165) is 31.5 Å². The van der Waals surface area contributed by atoms with E-state index in [0.29, 0.717) is 45.8 Å². The molecule has 0 saturated carbocycles. The molecule has 3 atom stereocenters. The number of aromatic nitrogens is 2. The molecule has 2 fully saturated rings. The molecular weight excluding hydrogens is 427 g/mol. The molecule has 3 heterocycles. The summed E-state index contributed by atoms with van der Waals surface area (Å²) in [7, 11) is 1.68. The van der Waals surface area contributed by atoms with Gasteiger partial charge in [0.15, 0.2) is 0 Å². The van der Waals surface area contributed by atoms with Gasteiger partial charge >= 0.3 is 6.18 Å². The lowest BCUT2D eigenvalue weighted by atomic mass is 10.0. The summed E-state index contributed by atoms with van der Waals surface area (Å²) < 4.78 is 49.6. The molecule has 11 heteroatoms. The van der Waals surface area contributed by atoms with Crippen molar-refractivity contribution in [2.75, 3.05) is 51.4 Å². The molecular formula is C21H32F3N5O3. The number of hydrogen-bond acceptors (Lipinski definition) is 7. The van der Waals surface area contributed by atoms with Gasteiger partial charge in [-0.3, -0.25) is 4.79 Å². The Kier molecular flexibility index (Phi) is 8.66. The Morgan fingerprint density at radius 2 is 2.09 bits per heavy atom. The van der Waals surface area contributed by atoms with Crippen molar-refractivity contribution in [2.24, 2.45) is 0 Å². The van der Waals surface area contributed by atoms with Gasteiger partial charge in [-0.2, -0.15) is 13.2 Å². The zero-order valence-electron chi connectivity index (χ0n) is 18.6. The highest BCUT2D eigenvalue weighted by atomic mass is 19.4. The maximum Gasteiger partial charge on any atom is 0.433 e. The van der Waals surface area contributed by atoms with Crippen LogP contribution in [0.1, 0.15) is 38.3 Å². The average Bonchev–Trinajstić information content (AvgIpc) is 2.81. The number of ether oxygens (including phenoxy) is 2. The molecule has 3 rings (SSSR count). The Morgan fingerprint density at radius 1 is 1.34 bits per heavy atom. The van der Waals surface area contributed by atoms with E-state index in [1.807, 2.05) is 0 Å². The number of amides is 1. The Labute approximate surface area is 186 Å². The number of carbonyl (C=O) groups excluding carboxylic acids is 1. The highest BCUT2D eigenvalue weighted by Gasteiger charge is 2.34. The summed E-state index contributed by atoms with van der Waals surface area (Å²) in [5, 5.41) is 3.62. The summed E-state index contributed by atoms with van der Waals surface area (Å²) >= 11 is 0. The van der Waals surface area contributed by atoms with E-state index < -0.39 is 11.9 Å². The van der Waals surface area contributed by atoms with Crippen molar-refractivity contribution in [1.82, 2.24) is 20.2 Å². The summed E-state index contributed by atoms with van der Waals surface area (Å²) in [6, 6.07) is 1.28. The summed E-state index contributed by atoms with van der Waals surface area (Å²) in [5.74, 6) is 0.108. The minimum absolute atomic E-state index is 0.0136. The normalized spacial score (nSPS) is 23.3. The van der Waals surface area contributed by atoms with Crippen LogP contribution in [0.4, 0.5) is 19.1 Å². The van der Waals surface area contributed by atoms with Crippen molar-refractivity contribution in [2.45, 2.75) is 57.0 Å². The van der Waals surface area contributed by atoms with Crippen molar-refractivity contribution in [3.05, 3.63) is 18.0 Å². The molecule has 32 heavy (non-hydrogen) atoms. The van der Waals surface area contributed by atoms with Gasteiger partial charge in [-0.25, -0.2) is 9.97 Å². The molecule has 0 aliphatic carbocycles. The lowest BCUT2D eigenvalue weighted by molar-refractivity contribution is -0.141. The molecule has 1 aromatic rings. The number of hydrogen-bond donors (Lipinski definition) is 1. The molecule has 0 bridgehead atoms. The van der Waals surface area contributed by atoms with Gasteiger partial charge in [-0.15, -0.1) is 0 Å². The van der Waals surface area contributed by atoms with E-state index in [-0.39, 0.29) is 30.0 Å². The van der Waals surface area contributed by atoms with Crippen LogP contribution in [0, 0.1) is 0 Å². The lowest BCUT2D eigenvalue weighted by Crippen LogP contribution is -2.51. The molecule has 0 spiro atoms. The molecule has 8 nitrogen and oxygen atoms in total. The van der Waals surface area contributed by atoms with Crippen molar-refractivity contribution in [3.63, 3.8) is 0 Å². The molecule has 2 saturated heterocycles. The van der Waals surface area contributed by atoms with Crippen molar-refractivity contribution in [3.8, 4) is 0 Å². The number of halogens is 3. The van der Waals surface area contributed by atoms with Gasteiger partial charge < -0.3 is 24.6 Å². The fourth-order valence-corrected chi connectivity index (χ4v) is 4.11. The summed E-state index contributed by atoms with van der Waals surface area (Å²) in [6.45, 7) is 5.05. The van der Waals surface area contributed by atoms with Gasteiger partial charge in [-0.05, 0) is 25.3 Å². The van der Waals surface area contributed by atoms with Gasteiger partial charge in [0.25, 0.3) is 0 Å². The smallest absolute Gasteiger partial charge is 0.379 e. The highest BCUT2D eigenvalue weighted by molar-refractivity contribution is 5.76. The molecule has 1 aromatic heterocycles. The monoisotopic (exact) mass is 459 g/mol. The van der Waals surface area contributed by atoms with E-state index in [1.54, 1.807) is 16.9 Å². The first-order valence-corrected chi connectivity index (χ1v) is 11.1. The number of piperazine rings is 1. The van der Waals surface area contributed by atoms with Crippen molar-refractivity contribution < 1.29 is 27.4 Å². The van der Waals surface area contributed by atoms with Crippen molar-refractivity contribution >= 4 is 11.9 Å². The predicted octanol–water partition coefficient (Wildman–Crippen LogP) is 2.10. The number of anilines is 1. The quantitative estimate of drug-likeness (QED) is 0.638. The average molecular weight is 460 g/mol. The zero-order valence-corrected chi connectivity index (χ0v) is 18.6. The Bertz CT molecular complexity index is 744. The minimum atomic E-state index is -4.51. The molecule has 2 aliphatic rings. The number of methoxy groups -OCH3 is 1. The Hall–Kier alpha value is -1.98. The molecule has 180 valence electrons. The first-order chi connectivity index (χ1) is 15.3. The number of alkyl halides is 3. The molecule has 3 unspecified atom stereocenters. The third-order valence-electron chi connectivity index (χ3n) is 6.10. The summed E-state index contributed by atoms with van der Waals surface area (Å²) in [6.07, 6.45) is -0.448. The Balaban J connectivity index is 1.46. The van der Waals surface area contributed by atoms with Crippen LogP contribution in [0.15, 0.2) is 12.3 Å². The largest absolute Gasteiger partial charge is 0.433 e. The zero-order chi connectivity index (χ0) is 23.1. The minimum Gasteiger partial charge on any atom is -0.379 e. The summed E-state index contributed by atoms with van der Waals surface area (Å²) in [4.78, 5) is 23.8. The van der Waals surface area contributed by atoms with Crippen LogP contribution in [0.2, 0.25) is 0 Å². The van der Waals surface area contributed by atoms with Crippen LogP contribution in [0.25, 0.3) is 0 Å². The maximum absolute atomic E-state index is 12.9. The van der Waals surface area contributed by atoms with Gasteiger partial charge in [0.05, 0.1) is 12.7 Å². The van der Waals surface area contributed by atoms with Crippen LogP contribution >= 0.6 is 0 Å². The molecule has 0 aromatic carbocycles. The Morgan fingerprint density at radius 3 is 2.75 bits per heavy atom. The van der Waals surface area contributed by atoms with Crippen LogP contribution in [0.3, 0.4) is 0 Å². The fraction of sp³-hybridized carbons (Fsp3) is 0.762. The van der Waals surface area contributed by atoms with Gasteiger partial charge in [0, 0.05) is 64.6 Å². The number of carbonyl (C=O) groups is 1. The van der Waals surface area contributed by atoms with E-state index in [1.165, 1.54) is 0 Å². The number of nitrogens with zero attached hydrogens (tertiary/aromatic N) is 4. The first kappa shape index (κ1) is 24.7. The third-order valence-corrected chi connectivity index (χ3v) is 6.10. The second-order valence-electron chi connectivity index (χ2n) is 8.16. The number of nitrogens with one attached hydrogen (secondary N) is 1. The SMILES string of the molecule is CCC(CCC(=O)N1CCN(c2nccc(C(F)(F)F)n2)CC1)NC1CCOCC1OC. The van der Waals surface area contributed by atoms with Gasteiger partial charge in [0.1, 0.15) is 5.69 Å². The molecule has 2 aliphatic heterocycles. The maximum atomic E-state index is 12.9. The van der Waals surface area contributed by atoms with E-state index in [4.69, 9.17) is 9.47 Å². The van der Waals surface area contributed by atoms with Crippen LogP contribution in [-0.4, -0.2) is 85.5 Å². The standard InChI is InChI=1S/C21H32F3N5O3/c1-3-15(26-16-7-13-32-14-17(16)31-2)4-5-19(30)28-9-11-29(12-10-28)20-25-8-6-18(27-20)21(22,23)24/h6,8,15-17,26H,3-5,7,9-14H2,1-2H3. The fourth-order valence-electron chi connectivity index (χ4n) is 4.11. The van der Waals surface area contributed by atoms with Crippen LogP contribution in [0.5, 0.6) is 0 Å². The van der Waals surface area contributed by atoms with E-state index >= 15 is 0 Å². The topological polar surface area (TPSA) is 79.8 Å². The molecule has 1 N–H and O–H groups in total. The van der Waals surface area contributed by atoms with E-state index in [9.17, 15) is 18.0 Å². The van der Waals surface area contributed by atoms with Gasteiger partial charge in [-0.1, -0.05) is 6.92 Å². The van der Waals surface area contributed by atoms with Crippen LogP contribution in [-0.2, 0) is 20.4 Å². The van der Waals surface area contributed by atoms with Gasteiger partial charge in [0.2, 0.25) is 11.9 Å². The molecule has 1 amide bonds. The second-order valence-corrected chi connectivity index (χ2v) is 8.16. The first-order valence-electron chi connectivity index (χ1n) is 11.1. The van der Waals surface area contributed by atoms with E-state index in [2.05, 4.69) is 22.2 Å². The number of rotatable bonds is 8. The second kappa shape index (κ2) is 11.2.